The van der Waals surface area contributed by atoms with Crippen LogP contribution in [0.2, 0.25) is 0 Å². The predicted molar refractivity (Wildman–Crippen MR) is 141 cm³/mol. The molecule has 11 nitrogen and oxygen atoms in total. The molecule has 0 radical (unpaired) electrons. The van der Waals surface area contributed by atoms with Crippen LogP contribution in [0.3, 0.4) is 0 Å². The normalized spacial score (nSPS) is 13.7. The number of fused-ring (bicyclic) bond motifs is 1. The van der Waals surface area contributed by atoms with E-state index in [-0.39, 0.29) is 23.9 Å². The number of aryl methyl sites for hydroxylation is 1. The van der Waals surface area contributed by atoms with Crippen LogP contribution in [0.25, 0.3) is 10.9 Å². The minimum absolute atomic E-state index is 0.0275. The first kappa shape index (κ1) is 29.6. The summed E-state index contributed by atoms with van der Waals surface area (Å²) in [6, 6.07) is 1.90. The van der Waals surface area contributed by atoms with Crippen molar-refractivity contribution in [3.05, 3.63) is 28.1 Å². The Morgan fingerprint density at radius 3 is 2.24 bits per heavy atom. The predicted octanol–water partition coefficient (Wildman–Crippen LogP) is 4.29. The molecule has 2 rings (SSSR count). The quantitative estimate of drug-likeness (QED) is 0.400. The van der Waals surface area contributed by atoms with Crippen molar-refractivity contribution in [1.82, 2.24) is 10.3 Å². The van der Waals surface area contributed by atoms with E-state index in [4.69, 9.17) is 9.15 Å². The second-order valence-corrected chi connectivity index (χ2v) is 11.5. The molecule has 0 bridgehead atoms. The molecule has 37 heavy (non-hydrogen) atoms. The molecule has 2 aromatic rings. The fourth-order valence-corrected chi connectivity index (χ4v) is 3.89. The van der Waals surface area contributed by atoms with E-state index in [0.717, 1.165) is 0 Å². The van der Waals surface area contributed by atoms with Crippen molar-refractivity contribution >= 4 is 40.6 Å². The Bertz CT molecular complexity index is 1220. The van der Waals surface area contributed by atoms with Crippen molar-refractivity contribution in [3.8, 4) is 0 Å². The summed E-state index contributed by atoms with van der Waals surface area (Å²) in [5, 5.41) is 18.1. The first-order valence-electron chi connectivity index (χ1n) is 12.1. The van der Waals surface area contributed by atoms with Crippen LogP contribution in [0, 0.1) is 18.3 Å². The number of rotatable bonds is 8. The summed E-state index contributed by atoms with van der Waals surface area (Å²) >= 11 is 0. The Kier molecular flexibility index (Phi) is 8.95. The van der Waals surface area contributed by atoms with Gasteiger partial charge in [-0.2, -0.15) is 4.98 Å². The second kappa shape index (κ2) is 11.2. The van der Waals surface area contributed by atoms with Crippen LogP contribution in [0.5, 0.6) is 0 Å². The molecule has 0 aliphatic carbocycles. The summed E-state index contributed by atoms with van der Waals surface area (Å²) < 4.78 is 10.6. The maximum absolute atomic E-state index is 13.5. The standard InChI is InChI=1S/C26H38N4O7/c1-13(2)27-23-29-17-11-15(10-14(3)19(17)22(34)36-23)28-21(33)20(30-24(35)37-26(7,8)9)16(12-18(31)32)25(4,5)6/h10-11,13,16,20H,12H2,1-9H3,(H,27,29)(H,28,33)(H,30,35)(H,31,32)/t16?,20-/m0/s1. The second-order valence-electron chi connectivity index (χ2n) is 11.5. The van der Waals surface area contributed by atoms with Crippen LogP contribution >= 0.6 is 0 Å². The van der Waals surface area contributed by atoms with Crippen molar-refractivity contribution in [2.45, 2.75) is 86.4 Å². The fraction of sp³-hybridized carbons (Fsp3) is 0.577. The number of nitrogens with zero attached hydrogens (tertiary/aromatic N) is 1. The number of alkyl carbamates (subject to hydrolysis) is 1. The molecule has 0 saturated heterocycles. The summed E-state index contributed by atoms with van der Waals surface area (Å²) in [6.45, 7) is 15.9. The van der Waals surface area contributed by atoms with E-state index >= 15 is 0 Å². The van der Waals surface area contributed by atoms with Crippen molar-refractivity contribution in [1.29, 1.82) is 0 Å². The number of ether oxygens (including phenoxy) is 1. The number of carbonyl (C=O) groups is 3. The highest BCUT2D eigenvalue weighted by atomic mass is 16.6. The molecule has 2 atom stereocenters. The zero-order chi connectivity index (χ0) is 28.3. The number of hydrogen-bond acceptors (Lipinski definition) is 8. The third kappa shape index (κ3) is 8.47. The Hall–Kier alpha value is -3.63. The topological polar surface area (TPSA) is 160 Å². The van der Waals surface area contributed by atoms with Gasteiger partial charge in [-0.05, 0) is 64.7 Å². The highest BCUT2D eigenvalue weighted by Crippen LogP contribution is 2.33. The Morgan fingerprint density at radius 2 is 1.73 bits per heavy atom. The molecule has 0 aliphatic rings. The number of anilines is 2. The lowest BCUT2D eigenvalue weighted by Gasteiger charge is -2.36. The van der Waals surface area contributed by atoms with Gasteiger partial charge in [0.2, 0.25) is 5.91 Å². The van der Waals surface area contributed by atoms with E-state index in [1.165, 1.54) is 6.07 Å². The fourth-order valence-electron chi connectivity index (χ4n) is 3.89. The van der Waals surface area contributed by atoms with Crippen molar-refractivity contribution in [2.24, 2.45) is 11.3 Å². The van der Waals surface area contributed by atoms with Gasteiger partial charge in [-0.25, -0.2) is 9.59 Å². The number of benzene rings is 1. The molecule has 0 spiro atoms. The van der Waals surface area contributed by atoms with E-state index in [0.29, 0.717) is 16.8 Å². The Morgan fingerprint density at radius 1 is 1.11 bits per heavy atom. The van der Waals surface area contributed by atoms with Gasteiger partial charge in [-0.3, -0.25) is 9.59 Å². The number of aliphatic carboxylic acids is 1. The van der Waals surface area contributed by atoms with Crippen LogP contribution in [0.15, 0.2) is 21.3 Å². The Balaban J connectivity index is 2.49. The lowest BCUT2D eigenvalue weighted by atomic mass is 9.74. The van der Waals surface area contributed by atoms with E-state index in [2.05, 4.69) is 20.9 Å². The molecule has 11 heteroatoms. The number of amides is 2. The average molecular weight is 519 g/mol. The van der Waals surface area contributed by atoms with E-state index < -0.39 is 46.6 Å². The zero-order valence-electron chi connectivity index (χ0n) is 22.9. The van der Waals surface area contributed by atoms with E-state index in [1.807, 2.05) is 13.8 Å². The first-order valence-corrected chi connectivity index (χ1v) is 12.1. The number of hydrogen-bond donors (Lipinski definition) is 4. The van der Waals surface area contributed by atoms with Gasteiger partial charge in [-0.1, -0.05) is 20.8 Å². The van der Waals surface area contributed by atoms with Gasteiger partial charge in [0.15, 0.2) is 0 Å². The van der Waals surface area contributed by atoms with Gasteiger partial charge < -0.3 is 30.2 Å². The largest absolute Gasteiger partial charge is 0.481 e. The van der Waals surface area contributed by atoms with Gasteiger partial charge in [-0.15, -0.1) is 0 Å². The van der Waals surface area contributed by atoms with Crippen LogP contribution in [-0.2, 0) is 14.3 Å². The highest BCUT2D eigenvalue weighted by molar-refractivity contribution is 5.99. The van der Waals surface area contributed by atoms with Crippen LogP contribution in [0.4, 0.5) is 16.5 Å². The van der Waals surface area contributed by atoms with Crippen LogP contribution < -0.4 is 21.6 Å². The number of carbonyl (C=O) groups excluding carboxylic acids is 2. The monoisotopic (exact) mass is 518 g/mol. The number of aromatic nitrogens is 1. The Labute approximate surface area is 216 Å². The van der Waals surface area contributed by atoms with E-state index in [9.17, 15) is 24.3 Å². The minimum Gasteiger partial charge on any atom is -0.481 e. The number of carboxylic acids is 1. The highest BCUT2D eigenvalue weighted by Gasteiger charge is 2.40. The third-order valence-electron chi connectivity index (χ3n) is 5.47. The molecule has 1 heterocycles. The zero-order valence-corrected chi connectivity index (χ0v) is 22.9. The van der Waals surface area contributed by atoms with Crippen molar-refractivity contribution in [3.63, 3.8) is 0 Å². The molecule has 0 saturated carbocycles. The minimum atomic E-state index is -1.23. The lowest BCUT2D eigenvalue weighted by molar-refractivity contribution is -0.140. The lowest BCUT2D eigenvalue weighted by Crippen LogP contribution is -2.53. The molecule has 1 aromatic heterocycles. The van der Waals surface area contributed by atoms with Crippen LogP contribution in [0.1, 0.15) is 67.4 Å². The van der Waals surface area contributed by atoms with Crippen molar-refractivity contribution in [2.75, 3.05) is 10.6 Å². The summed E-state index contributed by atoms with van der Waals surface area (Å²) in [7, 11) is 0. The summed E-state index contributed by atoms with van der Waals surface area (Å²) in [6.07, 6.45) is -1.20. The maximum Gasteiger partial charge on any atom is 0.408 e. The molecular weight excluding hydrogens is 480 g/mol. The molecular formula is C26H38N4O7. The number of carboxylic acid groups (broad SMARTS) is 1. The average Bonchev–Trinajstić information content (AvgIpc) is 2.66. The van der Waals surface area contributed by atoms with Gasteiger partial charge in [0.05, 0.1) is 17.3 Å². The summed E-state index contributed by atoms with van der Waals surface area (Å²) in [5.74, 6) is -2.51. The van der Waals surface area contributed by atoms with Gasteiger partial charge in [0, 0.05) is 17.6 Å². The van der Waals surface area contributed by atoms with Gasteiger partial charge in [0.1, 0.15) is 11.6 Å². The van der Waals surface area contributed by atoms with Crippen molar-refractivity contribution < 1.29 is 28.6 Å². The summed E-state index contributed by atoms with van der Waals surface area (Å²) in [5.41, 5.74) is -0.889. The van der Waals surface area contributed by atoms with Gasteiger partial charge >= 0.3 is 17.7 Å². The summed E-state index contributed by atoms with van der Waals surface area (Å²) in [4.78, 5) is 54.7. The molecule has 1 aromatic carbocycles. The third-order valence-corrected chi connectivity index (χ3v) is 5.47. The SMILES string of the molecule is Cc1cc(NC(=O)[C@@H](NC(=O)OC(C)(C)C)C(CC(=O)O)C(C)(C)C)cc2nc(NC(C)C)oc(=O)c12. The molecule has 0 aliphatic heterocycles. The van der Waals surface area contributed by atoms with Crippen LogP contribution in [-0.4, -0.2) is 45.7 Å². The van der Waals surface area contributed by atoms with Gasteiger partial charge in [0.25, 0.3) is 6.01 Å². The maximum atomic E-state index is 13.5. The smallest absolute Gasteiger partial charge is 0.408 e. The molecule has 0 fully saturated rings. The van der Waals surface area contributed by atoms with E-state index in [1.54, 1.807) is 54.5 Å². The number of nitrogens with one attached hydrogen (secondary N) is 3. The molecule has 1 unspecified atom stereocenters. The molecule has 2 amide bonds. The molecule has 4 N–H and O–H groups in total. The first-order chi connectivity index (χ1) is 16.9. The molecule has 204 valence electrons.